The van der Waals surface area contributed by atoms with Gasteiger partial charge in [0.15, 0.2) is 5.78 Å². The summed E-state index contributed by atoms with van der Waals surface area (Å²) >= 11 is 0. The zero-order valence-electron chi connectivity index (χ0n) is 17.6. The number of rotatable bonds is 7. The van der Waals surface area contributed by atoms with Gasteiger partial charge in [0.25, 0.3) is 0 Å². The van der Waals surface area contributed by atoms with Crippen molar-refractivity contribution in [2.75, 3.05) is 7.11 Å². The number of ketones is 1. The Morgan fingerprint density at radius 2 is 2.00 bits per heavy atom. The van der Waals surface area contributed by atoms with Gasteiger partial charge < -0.3 is 9.47 Å². The van der Waals surface area contributed by atoms with Crippen molar-refractivity contribution in [2.45, 2.75) is 32.8 Å². The average molecular weight is 402 g/mol. The molecule has 1 heterocycles. The summed E-state index contributed by atoms with van der Waals surface area (Å²) in [4.78, 5) is 12.5. The lowest BCUT2D eigenvalue weighted by Crippen LogP contribution is -2.00. The molecule has 5 heteroatoms. The number of ether oxygens (including phenoxy) is 2. The molecule has 5 nitrogen and oxygen atoms in total. The van der Waals surface area contributed by atoms with Gasteiger partial charge in [-0.2, -0.15) is 5.10 Å². The van der Waals surface area contributed by atoms with Gasteiger partial charge in [-0.15, -0.1) is 0 Å². The van der Waals surface area contributed by atoms with E-state index in [2.05, 4.69) is 17.2 Å². The number of hydrogen-bond donors (Lipinski definition) is 0. The quantitative estimate of drug-likeness (QED) is 0.425. The van der Waals surface area contributed by atoms with Crippen molar-refractivity contribution >= 4 is 11.9 Å². The largest absolute Gasteiger partial charge is 0.496 e. The molecule has 0 fully saturated rings. The van der Waals surface area contributed by atoms with Crippen LogP contribution < -0.4 is 9.47 Å². The molecule has 0 saturated heterocycles. The van der Waals surface area contributed by atoms with E-state index in [-0.39, 0.29) is 5.78 Å². The average Bonchev–Trinajstić information content (AvgIpc) is 3.36. The van der Waals surface area contributed by atoms with Crippen LogP contribution in [0.3, 0.4) is 0 Å². The molecule has 0 saturated carbocycles. The van der Waals surface area contributed by atoms with Gasteiger partial charge in [0.1, 0.15) is 18.1 Å². The van der Waals surface area contributed by atoms with Crippen LogP contribution in [0.15, 0.2) is 48.7 Å². The van der Waals surface area contributed by atoms with E-state index in [4.69, 9.17) is 9.47 Å². The Bertz CT molecular complexity index is 1110. The van der Waals surface area contributed by atoms with Crippen molar-refractivity contribution in [3.8, 4) is 11.5 Å². The number of nitrogens with zero attached hydrogens (tertiary/aromatic N) is 2. The molecule has 0 spiro atoms. The van der Waals surface area contributed by atoms with E-state index in [1.807, 2.05) is 44.3 Å². The van der Waals surface area contributed by atoms with Gasteiger partial charge in [-0.25, -0.2) is 0 Å². The minimum atomic E-state index is -0.0626. The van der Waals surface area contributed by atoms with Gasteiger partial charge in [0, 0.05) is 18.3 Å². The first-order valence-electron chi connectivity index (χ1n) is 10.2. The first-order valence-corrected chi connectivity index (χ1v) is 10.2. The van der Waals surface area contributed by atoms with Crippen LogP contribution in [-0.2, 0) is 26.5 Å². The van der Waals surface area contributed by atoms with Crippen LogP contribution in [0.1, 0.15) is 44.7 Å². The van der Waals surface area contributed by atoms with Crippen molar-refractivity contribution in [1.29, 1.82) is 0 Å². The summed E-state index contributed by atoms with van der Waals surface area (Å²) in [5, 5.41) is 4.13. The third kappa shape index (κ3) is 4.15. The van der Waals surface area contributed by atoms with Gasteiger partial charge >= 0.3 is 0 Å². The highest BCUT2D eigenvalue weighted by atomic mass is 16.5. The van der Waals surface area contributed by atoms with Gasteiger partial charge in [-0.1, -0.05) is 18.2 Å². The van der Waals surface area contributed by atoms with Gasteiger partial charge in [-0.3, -0.25) is 9.48 Å². The first kappa shape index (κ1) is 20.0. The van der Waals surface area contributed by atoms with Gasteiger partial charge in [0.05, 0.1) is 18.9 Å². The molecule has 0 bridgehead atoms. The molecule has 0 radical (unpaired) electrons. The predicted octanol–water partition coefficient (Wildman–Crippen LogP) is 4.70. The molecule has 1 aromatic heterocycles. The molecule has 0 unspecified atom stereocenters. The summed E-state index contributed by atoms with van der Waals surface area (Å²) in [6.07, 6.45) is 8.50. The highest BCUT2D eigenvalue weighted by molar-refractivity contribution is 6.07. The molecule has 30 heavy (non-hydrogen) atoms. The monoisotopic (exact) mass is 402 g/mol. The molecule has 1 aliphatic rings. The highest BCUT2D eigenvalue weighted by Gasteiger charge is 2.13. The van der Waals surface area contributed by atoms with Crippen molar-refractivity contribution in [1.82, 2.24) is 9.78 Å². The standard InChI is InChI=1S/C25H26N2O3/c1-17-23(15-26-27(17)2)24(28)11-7-18-8-12-25(29-3)21(13-18)16-30-22-10-9-19-5-4-6-20(19)14-22/h7-15H,4-6,16H2,1-3H3/b11-7+. The minimum Gasteiger partial charge on any atom is -0.496 e. The van der Waals surface area contributed by atoms with Crippen molar-refractivity contribution in [2.24, 2.45) is 7.05 Å². The summed E-state index contributed by atoms with van der Waals surface area (Å²) in [6, 6.07) is 12.2. The highest BCUT2D eigenvalue weighted by Crippen LogP contribution is 2.28. The molecule has 0 aliphatic heterocycles. The normalized spacial score (nSPS) is 12.9. The number of allylic oxidation sites excluding steroid dienone is 1. The van der Waals surface area contributed by atoms with Crippen LogP contribution in [0.5, 0.6) is 11.5 Å². The molecular weight excluding hydrogens is 376 g/mol. The second-order valence-corrected chi connectivity index (χ2v) is 7.61. The lowest BCUT2D eigenvalue weighted by atomic mass is 10.1. The Labute approximate surface area is 176 Å². The molecule has 2 aromatic carbocycles. The Morgan fingerprint density at radius 1 is 1.17 bits per heavy atom. The lowest BCUT2D eigenvalue weighted by Gasteiger charge is -2.12. The van der Waals surface area contributed by atoms with Crippen molar-refractivity contribution in [3.05, 3.63) is 82.2 Å². The van der Waals surface area contributed by atoms with E-state index in [1.54, 1.807) is 24.1 Å². The van der Waals surface area contributed by atoms with E-state index < -0.39 is 0 Å². The number of aromatic nitrogens is 2. The number of aryl methyl sites for hydroxylation is 3. The van der Waals surface area contributed by atoms with E-state index in [1.165, 1.54) is 17.5 Å². The number of hydrogen-bond acceptors (Lipinski definition) is 4. The second-order valence-electron chi connectivity index (χ2n) is 7.61. The van der Waals surface area contributed by atoms with Gasteiger partial charge in [-0.05, 0) is 73.2 Å². The van der Waals surface area contributed by atoms with Crippen LogP contribution in [-0.4, -0.2) is 22.7 Å². The second kappa shape index (κ2) is 8.57. The Hall–Kier alpha value is -3.34. The van der Waals surface area contributed by atoms with E-state index in [0.717, 1.165) is 41.2 Å². The molecule has 1 aliphatic carbocycles. The summed E-state index contributed by atoms with van der Waals surface area (Å²) < 4.78 is 13.2. The zero-order valence-corrected chi connectivity index (χ0v) is 17.6. The summed E-state index contributed by atoms with van der Waals surface area (Å²) in [5.41, 5.74) is 6.13. The summed E-state index contributed by atoms with van der Waals surface area (Å²) in [5.74, 6) is 1.58. The fraction of sp³-hybridized carbons (Fsp3) is 0.280. The predicted molar refractivity (Wildman–Crippen MR) is 117 cm³/mol. The topological polar surface area (TPSA) is 53.3 Å². The number of carbonyl (C=O) groups excluding carboxylic acids is 1. The fourth-order valence-electron chi connectivity index (χ4n) is 3.82. The van der Waals surface area contributed by atoms with Crippen molar-refractivity contribution in [3.63, 3.8) is 0 Å². The van der Waals surface area contributed by atoms with Crippen LogP contribution >= 0.6 is 0 Å². The lowest BCUT2D eigenvalue weighted by molar-refractivity contribution is 0.104. The molecule has 0 atom stereocenters. The Kier molecular flexibility index (Phi) is 5.70. The fourth-order valence-corrected chi connectivity index (χ4v) is 3.82. The van der Waals surface area contributed by atoms with Crippen molar-refractivity contribution < 1.29 is 14.3 Å². The number of methoxy groups -OCH3 is 1. The van der Waals surface area contributed by atoms with E-state index >= 15 is 0 Å². The van der Waals surface area contributed by atoms with Crippen LogP contribution in [0.4, 0.5) is 0 Å². The maximum atomic E-state index is 12.5. The maximum Gasteiger partial charge on any atom is 0.189 e. The smallest absolute Gasteiger partial charge is 0.189 e. The SMILES string of the molecule is COc1ccc(/C=C/C(=O)c2cnn(C)c2C)cc1COc1ccc2c(c1)CCC2. The maximum absolute atomic E-state index is 12.5. The summed E-state index contributed by atoms with van der Waals surface area (Å²) in [6.45, 7) is 2.29. The van der Waals surface area contributed by atoms with Gasteiger partial charge in [0.2, 0.25) is 0 Å². The molecule has 4 rings (SSSR count). The third-order valence-corrected chi connectivity index (χ3v) is 5.70. The molecular formula is C25H26N2O3. The number of benzene rings is 2. The van der Waals surface area contributed by atoms with E-state index in [9.17, 15) is 4.79 Å². The third-order valence-electron chi connectivity index (χ3n) is 5.70. The van der Waals surface area contributed by atoms with Crippen LogP contribution in [0.2, 0.25) is 0 Å². The Balaban J connectivity index is 1.49. The number of fused-ring (bicyclic) bond motifs is 1. The molecule has 0 N–H and O–H groups in total. The first-order chi connectivity index (χ1) is 14.5. The molecule has 0 amide bonds. The van der Waals surface area contributed by atoms with Crippen LogP contribution in [0.25, 0.3) is 6.08 Å². The molecule has 3 aromatic rings. The zero-order chi connectivity index (χ0) is 21.1. The van der Waals surface area contributed by atoms with E-state index in [0.29, 0.717) is 12.2 Å². The van der Waals surface area contributed by atoms with Crippen LogP contribution in [0, 0.1) is 6.92 Å². The number of carbonyl (C=O) groups is 1. The molecule has 154 valence electrons. The summed E-state index contributed by atoms with van der Waals surface area (Å²) in [7, 11) is 3.48. The minimum absolute atomic E-state index is 0.0626. The Morgan fingerprint density at radius 3 is 2.77 bits per heavy atom.